The smallest absolute Gasteiger partial charge is 0.278 e. The van der Waals surface area contributed by atoms with Crippen molar-refractivity contribution in [3.8, 4) is 0 Å². The Morgan fingerprint density at radius 1 is 1.31 bits per heavy atom. The van der Waals surface area contributed by atoms with Gasteiger partial charge in [-0.1, -0.05) is 6.07 Å². The highest BCUT2D eigenvalue weighted by atomic mass is 19.3. The lowest BCUT2D eigenvalue weighted by Crippen LogP contribution is -1.94. The molecular formula is C10H9F2N. The highest BCUT2D eigenvalue weighted by molar-refractivity contribution is 5.51. The van der Waals surface area contributed by atoms with Gasteiger partial charge in [0.2, 0.25) is 0 Å². The first kappa shape index (κ1) is 8.23. The van der Waals surface area contributed by atoms with Crippen molar-refractivity contribution in [2.45, 2.75) is 13.3 Å². The largest absolute Gasteiger partial charge is 0.315 e. The molecule has 0 aliphatic carbocycles. The Morgan fingerprint density at radius 3 is 2.77 bits per heavy atom. The minimum absolute atomic E-state index is 0.0469. The molecule has 2 heterocycles. The van der Waals surface area contributed by atoms with Crippen molar-refractivity contribution < 1.29 is 8.78 Å². The van der Waals surface area contributed by atoms with E-state index in [0.29, 0.717) is 0 Å². The summed E-state index contributed by atoms with van der Waals surface area (Å²) in [4.78, 5) is 0. The fourth-order valence-corrected chi connectivity index (χ4v) is 1.47. The van der Waals surface area contributed by atoms with Gasteiger partial charge in [0, 0.05) is 11.7 Å². The third-order valence-corrected chi connectivity index (χ3v) is 2.02. The summed E-state index contributed by atoms with van der Waals surface area (Å²) < 4.78 is 26.5. The number of aryl methyl sites for hydroxylation is 1. The molecule has 0 atom stereocenters. The Kier molecular flexibility index (Phi) is 1.79. The van der Waals surface area contributed by atoms with E-state index in [4.69, 9.17) is 0 Å². The molecule has 0 N–H and O–H groups in total. The maximum atomic E-state index is 12.5. The van der Waals surface area contributed by atoms with Crippen LogP contribution in [0.2, 0.25) is 0 Å². The topological polar surface area (TPSA) is 4.41 Å². The molecule has 0 aromatic carbocycles. The van der Waals surface area contributed by atoms with Crippen molar-refractivity contribution in [3.63, 3.8) is 0 Å². The van der Waals surface area contributed by atoms with Crippen LogP contribution in [0, 0.1) is 6.92 Å². The number of nitrogens with zero attached hydrogens (tertiary/aromatic N) is 1. The first-order chi connectivity index (χ1) is 6.18. The molecule has 2 aromatic rings. The van der Waals surface area contributed by atoms with E-state index in [1.807, 2.05) is 19.1 Å². The molecule has 0 aliphatic heterocycles. The molecule has 3 heteroatoms. The van der Waals surface area contributed by atoms with Gasteiger partial charge in [-0.15, -0.1) is 0 Å². The molecule has 0 radical (unpaired) electrons. The summed E-state index contributed by atoms with van der Waals surface area (Å²) in [5.41, 5.74) is 1.86. The van der Waals surface area contributed by atoms with Gasteiger partial charge in [-0.3, -0.25) is 0 Å². The minimum atomic E-state index is -2.42. The predicted octanol–water partition coefficient (Wildman–Crippen LogP) is 3.19. The Labute approximate surface area is 74.6 Å². The molecule has 0 fully saturated rings. The van der Waals surface area contributed by atoms with Gasteiger partial charge in [-0.05, 0) is 30.7 Å². The maximum Gasteiger partial charge on any atom is 0.278 e. The van der Waals surface area contributed by atoms with Crippen molar-refractivity contribution >= 4 is 5.52 Å². The van der Waals surface area contributed by atoms with Crippen LogP contribution in [0.3, 0.4) is 0 Å². The molecule has 2 rings (SSSR count). The first-order valence-corrected chi connectivity index (χ1v) is 4.04. The highest BCUT2D eigenvalue weighted by Gasteiger charge is 2.10. The van der Waals surface area contributed by atoms with Gasteiger partial charge >= 0.3 is 0 Å². The summed E-state index contributed by atoms with van der Waals surface area (Å²) in [5, 5.41) is 0. The van der Waals surface area contributed by atoms with Crippen LogP contribution in [0.5, 0.6) is 0 Å². The zero-order chi connectivity index (χ0) is 9.42. The molecule has 13 heavy (non-hydrogen) atoms. The Bertz CT molecular complexity index is 431. The monoisotopic (exact) mass is 181 g/mol. The fourth-order valence-electron chi connectivity index (χ4n) is 1.47. The van der Waals surface area contributed by atoms with E-state index < -0.39 is 6.43 Å². The van der Waals surface area contributed by atoms with Gasteiger partial charge in [0.05, 0.1) is 5.69 Å². The van der Waals surface area contributed by atoms with Crippen molar-refractivity contribution in [1.29, 1.82) is 0 Å². The van der Waals surface area contributed by atoms with Crippen molar-refractivity contribution in [2.75, 3.05) is 0 Å². The maximum absolute atomic E-state index is 12.5. The molecule has 1 nitrogen and oxygen atoms in total. The summed E-state index contributed by atoms with van der Waals surface area (Å²) in [6.45, 7) is 1.89. The lowest BCUT2D eigenvalue weighted by Gasteiger charge is -2.03. The second-order valence-corrected chi connectivity index (χ2v) is 3.06. The van der Waals surface area contributed by atoms with Gasteiger partial charge < -0.3 is 4.40 Å². The molecule has 68 valence electrons. The zero-order valence-electron chi connectivity index (χ0n) is 7.17. The number of hydrogen-bond donors (Lipinski definition) is 0. The van der Waals surface area contributed by atoms with Crippen LogP contribution >= 0.6 is 0 Å². The van der Waals surface area contributed by atoms with Crippen LogP contribution in [0.1, 0.15) is 17.7 Å². The Morgan fingerprint density at radius 2 is 2.08 bits per heavy atom. The normalized spacial score (nSPS) is 11.4. The molecule has 0 spiro atoms. The molecule has 0 unspecified atom stereocenters. The summed E-state index contributed by atoms with van der Waals surface area (Å²) >= 11 is 0. The minimum Gasteiger partial charge on any atom is -0.315 e. The summed E-state index contributed by atoms with van der Waals surface area (Å²) in [6, 6.07) is 6.79. The molecular weight excluding hydrogens is 172 g/mol. The third-order valence-electron chi connectivity index (χ3n) is 2.02. The van der Waals surface area contributed by atoms with E-state index >= 15 is 0 Å². The number of aromatic nitrogens is 1. The van der Waals surface area contributed by atoms with Crippen LogP contribution in [0.4, 0.5) is 8.78 Å². The van der Waals surface area contributed by atoms with Gasteiger partial charge in [-0.25, -0.2) is 8.78 Å². The number of hydrogen-bond acceptors (Lipinski definition) is 0. The van der Waals surface area contributed by atoms with Gasteiger partial charge in [0.25, 0.3) is 6.43 Å². The third kappa shape index (κ3) is 1.30. The zero-order valence-corrected chi connectivity index (χ0v) is 7.17. The van der Waals surface area contributed by atoms with E-state index in [1.54, 1.807) is 12.3 Å². The lowest BCUT2D eigenvalue weighted by atomic mass is 10.3. The van der Waals surface area contributed by atoms with E-state index in [-0.39, 0.29) is 5.69 Å². The molecule has 0 saturated heterocycles. The van der Waals surface area contributed by atoms with Crippen LogP contribution in [-0.4, -0.2) is 4.40 Å². The van der Waals surface area contributed by atoms with Gasteiger partial charge in [-0.2, -0.15) is 0 Å². The standard InChI is InChI=1S/C10H9F2N/c1-7-5-8-3-2-4-9(10(11)12)13(8)6-7/h2-6,10H,1H3. The first-order valence-electron chi connectivity index (χ1n) is 4.04. The average Bonchev–Trinajstić information content (AvgIpc) is 2.43. The predicted molar refractivity (Wildman–Crippen MR) is 47.1 cm³/mol. The number of rotatable bonds is 1. The Hall–Kier alpha value is -1.38. The number of alkyl halides is 2. The van der Waals surface area contributed by atoms with Crippen molar-refractivity contribution in [1.82, 2.24) is 4.40 Å². The molecule has 0 bridgehead atoms. The number of pyridine rings is 1. The molecule has 0 amide bonds. The molecule has 0 aliphatic rings. The van der Waals surface area contributed by atoms with Gasteiger partial charge in [0.15, 0.2) is 0 Å². The SMILES string of the molecule is Cc1cc2cccc(C(F)F)n2c1. The van der Waals surface area contributed by atoms with Crippen LogP contribution in [0.15, 0.2) is 30.5 Å². The quantitative estimate of drug-likeness (QED) is 0.636. The van der Waals surface area contributed by atoms with Crippen molar-refractivity contribution in [3.05, 3.63) is 41.7 Å². The molecule has 2 aromatic heterocycles. The second-order valence-electron chi connectivity index (χ2n) is 3.06. The van der Waals surface area contributed by atoms with E-state index in [1.165, 1.54) is 10.5 Å². The second kappa shape index (κ2) is 2.83. The van der Waals surface area contributed by atoms with Gasteiger partial charge in [0.1, 0.15) is 0 Å². The van der Waals surface area contributed by atoms with Crippen LogP contribution < -0.4 is 0 Å². The summed E-state index contributed by atoms with van der Waals surface area (Å²) in [7, 11) is 0. The van der Waals surface area contributed by atoms with Crippen LogP contribution in [0.25, 0.3) is 5.52 Å². The van der Waals surface area contributed by atoms with E-state index in [0.717, 1.165) is 11.1 Å². The molecule has 0 saturated carbocycles. The number of halogens is 2. The lowest BCUT2D eigenvalue weighted by molar-refractivity contribution is 0.144. The van der Waals surface area contributed by atoms with Crippen molar-refractivity contribution in [2.24, 2.45) is 0 Å². The fraction of sp³-hybridized carbons (Fsp3) is 0.200. The van der Waals surface area contributed by atoms with E-state index in [9.17, 15) is 8.78 Å². The average molecular weight is 181 g/mol. The van der Waals surface area contributed by atoms with Crippen LogP contribution in [-0.2, 0) is 0 Å². The Balaban J connectivity index is 2.75. The van der Waals surface area contributed by atoms with E-state index in [2.05, 4.69) is 0 Å². The summed E-state index contributed by atoms with van der Waals surface area (Å²) in [6.07, 6.45) is -0.702. The highest BCUT2D eigenvalue weighted by Crippen LogP contribution is 2.21. The number of fused-ring (bicyclic) bond motifs is 1. The summed E-state index contributed by atoms with van der Waals surface area (Å²) in [5.74, 6) is 0.